The molecule has 1 aliphatic carbocycles. The summed E-state index contributed by atoms with van der Waals surface area (Å²) in [6, 6.07) is 14.2. The molecule has 2 bridgehead atoms. The van der Waals surface area contributed by atoms with E-state index in [1.807, 2.05) is 24.4 Å². The summed E-state index contributed by atoms with van der Waals surface area (Å²) in [6.45, 7) is 4.98. The van der Waals surface area contributed by atoms with Crippen molar-refractivity contribution in [3.05, 3.63) is 54.4 Å². The van der Waals surface area contributed by atoms with Crippen molar-refractivity contribution in [3.63, 3.8) is 0 Å². The maximum Gasteiger partial charge on any atom is 0.169 e. The molecule has 7 rings (SSSR count). The number of fused-ring (bicyclic) bond motifs is 3. The van der Waals surface area contributed by atoms with E-state index in [1.54, 1.807) is 12.1 Å². The fourth-order valence-corrected chi connectivity index (χ4v) is 7.51. The quantitative estimate of drug-likeness (QED) is 0.481. The number of hydrogen-bond acceptors (Lipinski definition) is 8. The van der Waals surface area contributed by atoms with E-state index in [4.69, 9.17) is 5.73 Å². The second-order valence-corrected chi connectivity index (χ2v) is 11.9. The van der Waals surface area contributed by atoms with Crippen LogP contribution >= 0.6 is 0 Å². The lowest BCUT2D eigenvalue weighted by Crippen LogP contribution is -2.54. The average Bonchev–Trinajstić information content (AvgIpc) is 3.51. The molecule has 1 aromatic carbocycles. The second-order valence-electron chi connectivity index (χ2n) is 11.9. The van der Waals surface area contributed by atoms with Gasteiger partial charge in [-0.3, -0.25) is 4.90 Å². The Morgan fingerprint density at radius 1 is 0.900 bits per heavy atom. The molecular formula is C32H37N7O. The van der Waals surface area contributed by atoms with Crippen LogP contribution in [0.4, 0.5) is 17.2 Å². The standard InChI is InChI=1S/C32H37N7O/c33-32-30(17-29(35-36-32)28-9-3-4-10-31(28)40)38-20-26-11-12-27(21-38)39(26)25-13-14-34-24(16-25)8-5-15-37-18-22-6-1-2-7-23(22)19-37/h3-4,9-10,13-14,16-17,22-23,26-27,40H,1-2,6-7,11-12,15,18-21H2,(H2,33,36)/t22-,23+,26?,27?. The van der Waals surface area contributed by atoms with Crippen LogP contribution in [-0.2, 0) is 0 Å². The molecule has 2 aromatic heterocycles. The molecule has 8 nitrogen and oxygen atoms in total. The monoisotopic (exact) mass is 535 g/mol. The first-order chi connectivity index (χ1) is 19.6. The van der Waals surface area contributed by atoms with E-state index in [9.17, 15) is 5.11 Å². The fraction of sp³-hybridized carbons (Fsp3) is 0.469. The minimum Gasteiger partial charge on any atom is -0.507 e. The van der Waals surface area contributed by atoms with Crippen molar-refractivity contribution >= 4 is 17.2 Å². The topological polar surface area (TPSA) is 94.6 Å². The zero-order chi connectivity index (χ0) is 27.1. The Morgan fingerprint density at radius 2 is 1.65 bits per heavy atom. The number of para-hydroxylation sites is 1. The maximum absolute atomic E-state index is 10.3. The number of aromatic nitrogens is 3. The van der Waals surface area contributed by atoms with E-state index >= 15 is 0 Å². The Morgan fingerprint density at radius 3 is 2.40 bits per heavy atom. The van der Waals surface area contributed by atoms with Crippen LogP contribution < -0.4 is 15.5 Å². The van der Waals surface area contributed by atoms with Crippen molar-refractivity contribution in [2.24, 2.45) is 11.8 Å². The third-order valence-corrected chi connectivity index (χ3v) is 9.42. The normalized spacial score (nSPS) is 25.9. The fourth-order valence-electron chi connectivity index (χ4n) is 7.51. The van der Waals surface area contributed by atoms with Gasteiger partial charge in [0.15, 0.2) is 5.82 Å². The number of piperazine rings is 1. The molecule has 4 atom stereocenters. The summed E-state index contributed by atoms with van der Waals surface area (Å²) < 4.78 is 0. The predicted octanol–water partition coefficient (Wildman–Crippen LogP) is 4.16. The van der Waals surface area contributed by atoms with E-state index in [2.05, 4.69) is 53.9 Å². The number of rotatable bonds is 4. The molecule has 1 saturated carbocycles. The number of anilines is 3. The summed E-state index contributed by atoms with van der Waals surface area (Å²) in [5.74, 6) is 9.17. The largest absolute Gasteiger partial charge is 0.507 e. The van der Waals surface area contributed by atoms with Crippen LogP contribution in [0.15, 0.2) is 48.7 Å². The molecule has 3 N–H and O–H groups in total. The Labute approximate surface area is 236 Å². The lowest BCUT2D eigenvalue weighted by Gasteiger charge is -2.43. The Hall–Kier alpha value is -3.83. The Kier molecular flexibility index (Phi) is 6.68. The number of nitrogens with two attached hydrogens (primary N) is 1. The predicted molar refractivity (Wildman–Crippen MR) is 158 cm³/mol. The lowest BCUT2D eigenvalue weighted by atomic mass is 9.82. The smallest absolute Gasteiger partial charge is 0.169 e. The first-order valence-corrected chi connectivity index (χ1v) is 14.7. The van der Waals surface area contributed by atoms with Gasteiger partial charge in [0.25, 0.3) is 0 Å². The number of hydrogen-bond donors (Lipinski definition) is 2. The van der Waals surface area contributed by atoms with Crippen LogP contribution in [0.3, 0.4) is 0 Å². The molecule has 206 valence electrons. The number of likely N-dealkylation sites (tertiary alicyclic amines) is 1. The van der Waals surface area contributed by atoms with Crippen molar-refractivity contribution in [2.75, 3.05) is 48.3 Å². The Bertz CT molecular complexity index is 1420. The van der Waals surface area contributed by atoms with Gasteiger partial charge in [-0.05, 0) is 73.8 Å². The molecule has 0 radical (unpaired) electrons. The molecule has 0 amide bonds. The van der Waals surface area contributed by atoms with Gasteiger partial charge in [0, 0.05) is 55.7 Å². The number of phenolic OH excluding ortho intramolecular Hbond substituents is 1. The van der Waals surface area contributed by atoms with E-state index in [0.717, 1.165) is 55.7 Å². The lowest BCUT2D eigenvalue weighted by molar-refractivity contribution is 0.299. The molecule has 5 heterocycles. The number of aromatic hydroxyl groups is 1. The summed E-state index contributed by atoms with van der Waals surface area (Å²) in [7, 11) is 0. The number of benzene rings is 1. The van der Waals surface area contributed by atoms with Gasteiger partial charge in [-0.25, -0.2) is 4.98 Å². The van der Waals surface area contributed by atoms with Gasteiger partial charge in [0.2, 0.25) is 0 Å². The van der Waals surface area contributed by atoms with E-state index in [-0.39, 0.29) is 5.75 Å². The van der Waals surface area contributed by atoms with Crippen LogP contribution in [0.5, 0.6) is 5.75 Å². The first-order valence-electron chi connectivity index (χ1n) is 14.7. The van der Waals surface area contributed by atoms with Gasteiger partial charge in [0.1, 0.15) is 11.4 Å². The third kappa shape index (κ3) is 4.84. The highest BCUT2D eigenvalue weighted by atomic mass is 16.3. The van der Waals surface area contributed by atoms with Gasteiger partial charge in [-0.1, -0.05) is 30.9 Å². The summed E-state index contributed by atoms with van der Waals surface area (Å²) in [6.07, 6.45) is 9.77. The van der Waals surface area contributed by atoms with Gasteiger partial charge < -0.3 is 20.6 Å². The van der Waals surface area contributed by atoms with Crippen molar-refractivity contribution in [2.45, 2.75) is 50.6 Å². The molecule has 40 heavy (non-hydrogen) atoms. The molecule has 8 heteroatoms. The maximum atomic E-state index is 10.3. The first kappa shape index (κ1) is 25.2. The number of pyridine rings is 1. The van der Waals surface area contributed by atoms with Crippen LogP contribution in [-0.4, -0.2) is 70.0 Å². The molecule has 4 aliphatic rings. The molecule has 3 aliphatic heterocycles. The highest BCUT2D eigenvalue weighted by Gasteiger charge is 2.41. The average molecular weight is 536 g/mol. The SMILES string of the molecule is Nc1nnc(-c2ccccc2O)cc1N1CC2CCC(C1)N2c1ccnc(C#CCN2C[C@H]3CCCC[C@H]3C2)c1. The van der Waals surface area contributed by atoms with E-state index in [1.165, 1.54) is 44.5 Å². The molecule has 3 saturated heterocycles. The van der Waals surface area contributed by atoms with Crippen molar-refractivity contribution in [3.8, 4) is 28.8 Å². The van der Waals surface area contributed by atoms with Crippen molar-refractivity contribution in [1.29, 1.82) is 0 Å². The van der Waals surface area contributed by atoms with Gasteiger partial charge in [0.05, 0.1) is 17.9 Å². The highest BCUT2D eigenvalue weighted by Crippen LogP contribution is 2.39. The van der Waals surface area contributed by atoms with Gasteiger partial charge >= 0.3 is 0 Å². The number of nitrogens with zero attached hydrogens (tertiary/aromatic N) is 6. The molecule has 2 unspecified atom stereocenters. The highest BCUT2D eigenvalue weighted by molar-refractivity contribution is 5.74. The zero-order valence-corrected chi connectivity index (χ0v) is 22.9. The summed E-state index contributed by atoms with van der Waals surface area (Å²) in [5.41, 5.74) is 10.5. The number of phenols is 1. The van der Waals surface area contributed by atoms with E-state index < -0.39 is 0 Å². The summed E-state index contributed by atoms with van der Waals surface area (Å²) in [5, 5.41) is 18.8. The van der Waals surface area contributed by atoms with Gasteiger partial charge in [-0.2, -0.15) is 0 Å². The van der Waals surface area contributed by atoms with Crippen LogP contribution in [0.25, 0.3) is 11.3 Å². The zero-order valence-electron chi connectivity index (χ0n) is 22.9. The Balaban J connectivity index is 1.05. The van der Waals surface area contributed by atoms with Crippen LogP contribution in [0.2, 0.25) is 0 Å². The number of nitrogen functional groups attached to an aromatic ring is 1. The second kappa shape index (κ2) is 10.6. The molecule has 0 spiro atoms. The molecule has 4 fully saturated rings. The third-order valence-electron chi connectivity index (χ3n) is 9.42. The minimum absolute atomic E-state index is 0.187. The van der Waals surface area contributed by atoms with Crippen LogP contribution in [0.1, 0.15) is 44.2 Å². The minimum atomic E-state index is 0.187. The summed E-state index contributed by atoms with van der Waals surface area (Å²) >= 11 is 0. The summed E-state index contributed by atoms with van der Waals surface area (Å²) in [4.78, 5) is 12.0. The van der Waals surface area contributed by atoms with Crippen molar-refractivity contribution in [1.82, 2.24) is 20.1 Å². The van der Waals surface area contributed by atoms with Crippen LogP contribution in [0, 0.1) is 23.7 Å². The van der Waals surface area contributed by atoms with Gasteiger partial charge in [-0.15, -0.1) is 10.2 Å². The van der Waals surface area contributed by atoms with E-state index in [0.29, 0.717) is 29.2 Å². The molecule has 3 aromatic rings. The van der Waals surface area contributed by atoms with Crippen molar-refractivity contribution < 1.29 is 5.11 Å². The molecular weight excluding hydrogens is 498 g/mol.